The number of nitrogens with zero attached hydrogens (tertiary/aromatic N) is 7. The van der Waals surface area contributed by atoms with Gasteiger partial charge in [-0.3, -0.25) is 9.69 Å². The number of carbonyl (C=O) groups excluding carboxylic acids is 1. The zero-order chi connectivity index (χ0) is 28.5. The molecule has 0 spiro atoms. The van der Waals surface area contributed by atoms with Gasteiger partial charge < -0.3 is 9.47 Å². The van der Waals surface area contributed by atoms with E-state index in [0.29, 0.717) is 10.7 Å². The number of thiazole rings is 1. The van der Waals surface area contributed by atoms with Crippen LogP contribution >= 0.6 is 11.3 Å². The van der Waals surface area contributed by atoms with E-state index in [9.17, 15) is 4.79 Å². The molecular formula is C32H51N7OS. The standard InChI is InChI=1S/C32H51N7OS/c1-2-3-4-5-6-7-8-9-10-11-12-13-14-15-16-17-19-37-20-22-38(23-21-37)30-29-31(35-26-34-30)39(27-36-29)25-28(40)32-33-18-24-41-32/h18,24,26-27H,2-17,19-23,25H2,1H3. The Hall–Kier alpha value is -2.39. The molecule has 0 unspecified atom stereocenters. The van der Waals surface area contributed by atoms with E-state index in [0.717, 1.165) is 37.5 Å². The smallest absolute Gasteiger partial charge is 0.211 e. The van der Waals surface area contributed by atoms with Gasteiger partial charge in [-0.25, -0.2) is 19.9 Å². The van der Waals surface area contributed by atoms with Gasteiger partial charge in [0.15, 0.2) is 22.0 Å². The fourth-order valence-electron chi connectivity index (χ4n) is 5.87. The number of hydrogen-bond acceptors (Lipinski definition) is 8. The summed E-state index contributed by atoms with van der Waals surface area (Å²) < 4.78 is 1.80. The Morgan fingerprint density at radius 3 is 1.95 bits per heavy atom. The minimum absolute atomic E-state index is 0.0258. The van der Waals surface area contributed by atoms with Crippen molar-refractivity contribution >= 4 is 34.1 Å². The van der Waals surface area contributed by atoms with Gasteiger partial charge in [-0.15, -0.1) is 11.3 Å². The first-order chi connectivity index (χ1) is 20.3. The van der Waals surface area contributed by atoms with E-state index in [1.165, 1.54) is 121 Å². The van der Waals surface area contributed by atoms with E-state index in [-0.39, 0.29) is 12.3 Å². The average Bonchev–Trinajstić information content (AvgIpc) is 3.68. The third kappa shape index (κ3) is 10.4. The monoisotopic (exact) mass is 581 g/mol. The molecule has 9 heteroatoms. The summed E-state index contributed by atoms with van der Waals surface area (Å²) in [6.45, 7) is 7.65. The van der Waals surface area contributed by atoms with Gasteiger partial charge in [0.1, 0.15) is 6.33 Å². The molecule has 226 valence electrons. The molecule has 3 aromatic heterocycles. The molecule has 0 radical (unpaired) electrons. The number of fused-ring (bicyclic) bond motifs is 1. The summed E-state index contributed by atoms with van der Waals surface area (Å²) in [6, 6.07) is 0. The molecule has 0 amide bonds. The lowest BCUT2D eigenvalue weighted by atomic mass is 10.0. The quantitative estimate of drug-likeness (QED) is 0.0949. The molecule has 4 heterocycles. The highest BCUT2D eigenvalue weighted by Gasteiger charge is 2.22. The lowest BCUT2D eigenvalue weighted by Crippen LogP contribution is -2.47. The van der Waals surface area contributed by atoms with Crippen LogP contribution in [0.2, 0.25) is 0 Å². The van der Waals surface area contributed by atoms with Crippen LogP contribution < -0.4 is 4.90 Å². The van der Waals surface area contributed by atoms with Crippen LogP contribution in [0, 0.1) is 0 Å². The van der Waals surface area contributed by atoms with Crippen molar-refractivity contribution in [1.29, 1.82) is 0 Å². The highest BCUT2D eigenvalue weighted by Crippen LogP contribution is 2.23. The maximum atomic E-state index is 12.5. The van der Waals surface area contributed by atoms with Gasteiger partial charge in [0, 0.05) is 37.8 Å². The maximum Gasteiger partial charge on any atom is 0.211 e. The van der Waals surface area contributed by atoms with Crippen molar-refractivity contribution < 1.29 is 4.79 Å². The first-order valence-corrected chi connectivity index (χ1v) is 17.2. The van der Waals surface area contributed by atoms with Gasteiger partial charge in [-0.05, 0) is 13.0 Å². The molecule has 1 fully saturated rings. The zero-order valence-electron chi connectivity index (χ0n) is 25.3. The summed E-state index contributed by atoms with van der Waals surface area (Å²) in [5.74, 6) is 0.847. The van der Waals surface area contributed by atoms with Crippen molar-refractivity contribution in [3.8, 4) is 0 Å². The fourth-order valence-corrected chi connectivity index (χ4v) is 6.43. The van der Waals surface area contributed by atoms with Crippen molar-refractivity contribution in [3.05, 3.63) is 29.2 Å². The number of imidazole rings is 1. The van der Waals surface area contributed by atoms with Crippen molar-refractivity contribution in [2.75, 3.05) is 37.6 Å². The molecule has 41 heavy (non-hydrogen) atoms. The van der Waals surface area contributed by atoms with Gasteiger partial charge in [-0.1, -0.05) is 103 Å². The molecule has 3 aromatic rings. The average molecular weight is 582 g/mol. The Kier molecular flexibility index (Phi) is 14.0. The molecule has 1 saturated heterocycles. The van der Waals surface area contributed by atoms with Crippen LogP contribution in [0.5, 0.6) is 0 Å². The highest BCUT2D eigenvalue weighted by atomic mass is 32.1. The van der Waals surface area contributed by atoms with Crippen molar-refractivity contribution in [3.63, 3.8) is 0 Å². The number of anilines is 1. The highest BCUT2D eigenvalue weighted by molar-refractivity contribution is 7.11. The summed E-state index contributed by atoms with van der Waals surface area (Å²) in [5, 5.41) is 2.33. The van der Waals surface area contributed by atoms with E-state index >= 15 is 0 Å². The summed E-state index contributed by atoms with van der Waals surface area (Å²) >= 11 is 1.36. The molecule has 0 aromatic carbocycles. The molecule has 0 aliphatic carbocycles. The number of rotatable bonds is 21. The van der Waals surface area contributed by atoms with Crippen molar-refractivity contribution in [2.24, 2.45) is 0 Å². The fraction of sp³-hybridized carbons (Fsp3) is 0.719. The van der Waals surface area contributed by atoms with Crippen LogP contribution in [0.4, 0.5) is 5.82 Å². The van der Waals surface area contributed by atoms with Crippen molar-refractivity contribution in [2.45, 2.75) is 116 Å². The predicted molar refractivity (Wildman–Crippen MR) is 170 cm³/mol. The van der Waals surface area contributed by atoms with E-state index < -0.39 is 0 Å². The molecule has 0 saturated carbocycles. The Labute approximate surface area is 251 Å². The van der Waals surface area contributed by atoms with Crippen LogP contribution in [0.15, 0.2) is 24.2 Å². The van der Waals surface area contributed by atoms with Gasteiger partial charge in [0.25, 0.3) is 0 Å². The normalized spacial score (nSPS) is 14.3. The minimum Gasteiger partial charge on any atom is -0.352 e. The second kappa shape index (κ2) is 18.2. The van der Waals surface area contributed by atoms with Gasteiger partial charge in [0.2, 0.25) is 5.78 Å². The van der Waals surface area contributed by atoms with E-state index in [1.807, 2.05) is 5.38 Å². The molecule has 8 nitrogen and oxygen atoms in total. The molecular weight excluding hydrogens is 530 g/mol. The number of Topliss-reactive ketones (excluding diaryl/α,β-unsaturated/α-hetero) is 1. The Morgan fingerprint density at radius 1 is 0.756 bits per heavy atom. The van der Waals surface area contributed by atoms with Gasteiger partial charge in [-0.2, -0.15) is 0 Å². The second-order valence-corrected chi connectivity index (χ2v) is 12.5. The third-order valence-electron chi connectivity index (χ3n) is 8.37. The van der Waals surface area contributed by atoms with Crippen LogP contribution in [-0.2, 0) is 6.54 Å². The molecule has 1 aliphatic heterocycles. The summed E-state index contributed by atoms with van der Waals surface area (Å²) in [4.78, 5) is 35.2. The van der Waals surface area contributed by atoms with Crippen molar-refractivity contribution in [1.82, 2.24) is 29.4 Å². The SMILES string of the molecule is CCCCCCCCCCCCCCCCCCN1CCN(c2ncnc3c2ncn3CC(=O)c2nccs2)CC1. The molecule has 0 bridgehead atoms. The Morgan fingerprint density at radius 2 is 1.37 bits per heavy atom. The lowest BCUT2D eigenvalue weighted by Gasteiger charge is -2.35. The van der Waals surface area contributed by atoms with E-state index in [4.69, 9.17) is 0 Å². The number of carbonyl (C=O) groups is 1. The minimum atomic E-state index is -0.0258. The topological polar surface area (TPSA) is 80.0 Å². The number of unbranched alkanes of at least 4 members (excludes halogenated alkanes) is 15. The molecule has 4 rings (SSSR count). The molecule has 0 atom stereocenters. The van der Waals surface area contributed by atoms with Crippen LogP contribution in [-0.4, -0.2) is 67.9 Å². The summed E-state index contributed by atoms with van der Waals surface area (Å²) in [7, 11) is 0. The van der Waals surface area contributed by atoms with Crippen LogP contribution in [0.3, 0.4) is 0 Å². The first-order valence-electron chi connectivity index (χ1n) is 16.3. The number of piperazine rings is 1. The lowest BCUT2D eigenvalue weighted by molar-refractivity contribution is 0.0973. The first kappa shape index (κ1) is 31.5. The summed E-state index contributed by atoms with van der Waals surface area (Å²) in [5.41, 5.74) is 1.47. The van der Waals surface area contributed by atoms with E-state index in [2.05, 4.69) is 36.7 Å². The Bertz CT molecular complexity index is 1120. The largest absolute Gasteiger partial charge is 0.352 e. The maximum absolute atomic E-state index is 12.5. The predicted octanol–water partition coefficient (Wildman–Crippen LogP) is 7.55. The summed E-state index contributed by atoms with van der Waals surface area (Å²) in [6.07, 6.45) is 27.5. The number of hydrogen-bond donors (Lipinski definition) is 0. The van der Waals surface area contributed by atoms with E-state index in [1.54, 1.807) is 23.4 Å². The molecule has 1 aliphatic rings. The number of aromatic nitrogens is 5. The van der Waals surface area contributed by atoms with Gasteiger partial charge >= 0.3 is 0 Å². The van der Waals surface area contributed by atoms with Crippen LogP contribution in [0.25, 0.3) is 11.2 Å². The zero-order valence-corrected chi connectivity index (χ0v) is 26.1. The van der Waals surface area contributed by atoms with Crippen LogP contribution in [0.1, 0.15) is 119 Å². The van der Waals surface area contributed by atoms with Gasteiger partial charge in [0.05, 0.1) is 12.9 Å². The Balaban J connectivity index is 1.04. The second-order valence-electron chi connectivity index (χ2n) is 11.6. The third-order valence-corrected chi connectivity index (χ3v) is 9.18. The number of ketones is 1. The molecule has 0 N–H and O–H groups in total.